The maximum absolute atomic E-state index is 7.59. The molecule has 0 unspecified atom stereocenters. The van der Waals surface area contributed by atoms with Gasteiger partial charge in [-0.1, -0.05) is 108 Å². The Kier molecular flexibility index (Phi) is 9.74. The Morgan fingerprint density at radius 3 is 1.76 bits per heavy atom. The predicted molar refractivity (Wildman–Crippen MR) is 168 cm³/mol. The fourth-order valence-corrected chi connectivity index (χ4v) is 10.5. The molecule has 3 nitrogen and oxygen atoms in total. The Morgan fingerprint density at radius 1 is 0.789 bits per heavy atom. The molecule has 204 valence electrons. The second-order valence-corrected chi connectivity index (χ2v) is 21.9. The van der Waals surface area contributed by atoms with Crippen molar-refractivity contribution in [1.82, 2.24) is 4.98 Å². The summed E-state index contributed by atoms with van der Waals surface area (Å²) in [5.41, 5.74) is 2.13. The lowest BCUT2D eigenvalue weighted by molar-refractivity contribution is 0.173. The normalized spacial score (nSPS) is 14.4. The first-order valence-electron chi connectivity index (χ1n) is 13.8. The van der Waals surface area contributed by atoms with Crippen molar-refractivity contribution < 1.29 is 8.85 Å². The summed E-state index contributed by atoms with van der Waals surface area (Å²) in [4.78, 5) is 4.57. The first-order chi connectivity index (χ1) is 17.8. The van der Waals surface area contributed by atoms with Gasteiger partial charge in [0.25, 0.3) is 8.32 Å². The number of rotatable bonds is 10. The molecule has 0 aliphatic carbocycles. The number of hydrogen-bond acceptors (Lipinski definition) is 3. The van der Waals surface area contributed by atoms with Crippen LogP contribution in [0, 0.1) is 0 Å². The highest BCUT2D eigenvalue weighted by molar-refractivity contribution is 6.99. The van der Waals surface area contributed by atoms with Gasteiger partial charge in [0.05, 0.1) is 11.8 Å². The molecule has 0 radical (unpaired) electrons. The van der Waals surface area contributed by atoms with E-state index in [4.69, 9.17) is 8.85 Å². The minimum atomic E-state index is -2.73. The van der Waals surface area contributed by atoms with Gasteiger partial charge in [-0.15, -0.1) is 0 Å². The van der Waals surface area contributed by atoms with Gasteiger partial charge in [-0.2, -0.15) is 0 Å². The highest BCUT2D eigenvalue weighted by atomic mass is 28.4. The average molecular weight is 546 g/mol. The second-order valence-electron chi connectivity index (χ2n) is 12.8. The zero-order chi connectivity index (χ0) is 28.0. The summed E-state index contributed by atoms with van der Waals surface area (Å²) in [5, 5.41) is 2.65. The van der Waals surface area contributed by atoms with Crippen molar-refractivity contribution in [2.45, 2.75) is 84.2 Å². The van der Waals surface area contributed by atoms with Gasteiger partial charge in [-0.25, -0.2) is 0 Å². The molecule has 38 heavy (non-hydrogen) atoms. The van der Waals surface area contributed by atoms with Crippen LogP contribution in [-0.2, 0) is 8.85 Å². The van der Waals surface area contributed by atoms with E-state index in [2.05, 4.69) is 139 Å². The third kappa shape index (κ3) is 7.00. The fraction of sp³-hybridized carbons (Fsp3) is 0.424. The van der Waals surface area contributed by atoms with Crippen LogP contribution in [0.25, 0.3) is 6.08 Å². The summed E-state index contributed by atoms with van der Waals surface area (Å²) in [6, 6.07) is 27.8. The molecule has 0 spiro atoms. The van der Waals surface area contributed by atoms with Crippen LogP contribution in [0.2, 0.25) is 23.2 Å². The van der Waals surface area contributed by atoms with Crippen molar-refractivity contribution in [3.8, 4) is 0 Å². The van der Waals surface area contributed by atoms with Crippen LogP contribution in [0.1, 0.15) is 60.6 Å². The van der Waals surface area contributed by atoms with Crippen LogP contribution in [0.4, 0.5) is 0 Å². The molecule has 1 atom stereocenters. The summed E-state index contributed by atoms with van der Waals surface area (Å²) in [5.74, 6) is 0. The molecule has 1 aromatic heterocycles. The third-order valence-corrected chi connectivity index (χ3v) is 17.5. The molecule has 0 saturated carbocycles. The Balaban J connectivity index is 2.10. The lowest BCUT2D eigenvalue weighted by Crippen LogP contribution is -2.67. The monoisotopic (exact) mass is 545 g/mol. The minimum Gasteiger partial charge on any atom is -0.417 e. The number of hydrogen-bond donors (Lipinski definition) is 0. The lowest BCUT2D eigenvalue weighted by atomic mass is 10.1. The Labute approximate surface area is 233 Å². The largest absolute Gasteiger partial charge is 0.417 e. The summed E-state index contributed by atoms with van der Waals surface area (Å²) in [7, 11) is -4.61. The van der Waals surface area contributed by atoms with Gasteiger partial charge in [0.15, 0.2) is 8.32 Å². The quantitative estimate of drug-likeness (QED) is 0.243. The van der Waals surface area contributed by atoms with Crippen molar-refractivity contribution in [2.75, 3.05) is 6.61 Å². The molecule has 5 heteroatoms. The Bertz CT molecular complexity index is 1120. The van der Waals surface area contributed by atoms with Gasteiger partial charge < -0.3 is 8.85 Å². The average Bonchev–Trinajstić information content (AvgIpc) is 2.86. The van der Waals surface area contributed by atoms with E-state index in [1.807, 2.05) is 18.3 Å². The SMILES string of the molecule is CC(=Cc1ccccn1)[C@H](CCO[Si](C)(C)C(C)(C)C)O[Si](c1ccccc1)(c1ccccc1)C(C)(C)C. The van der Waals surface area contributed by atoms with Crippen molar-refractivity contribution in [3.05, 3.63) is 96.3 Å². The van der Waals surface area contributed by atoms with E-state index in [9.17, 15) is 0 Å². The number of aromatic nitrogens is 1. The van der Waals surface area contributed by atoms with E-state index >= 15 is 0 Å². The van der Waals surface area contributed by atoms with Crippen molar-refractivity contribution in [2.24, 2.45) is 0 Å². The second kappa shape index (κ2) is 12.2. The summed E-state index contributed by atoms with van der Waals surface area (Å²) >= 11 is 0. The highest BCUT2D eigenvalue weighted by Crippen LogP contribution is 2.40. The summed E-state index contributed by atoms with van der Waals surface area (Å²) in [6.45, 7) is 21.4. The Morgan fingerprint density at radius 2 is 1.32 bits per heavy atom. The van der Waals surface area contributed by atoms with Crippen LogP contribution in [0.5, 0.6) is 0 Å². The van der Waals surface area contributed by atoms with Crippen LogP contribution in [0.3, 0.4) is 0 Å². The molecule has 2 aromatic carbocycles. The van der Waals surface area contributed by atoms with E-state index in [0.29, 0.717) is 6.61 Å². The molecule has 0 aliphatic heterocycles. The molecule has 3 aromatic rings. The first kappa shape index (κ1) is 30.2. The molecule has 0 aliphatic rings. The maximum Gasteiger partial charge on any atom is 0.261 e. The van der Waals surface area contributed by atoms with E-state index < -0.39 is 16.6 Å². The topological polar surface area (TPSA) is 31.4 Å². The van der Waals surface area contributed by atoms with Gasteiger partial charge in [0.2, 0.25) is 0 Å². The van der Waals surface area contributed by atoms with Gasteiger partial charge in [-0.3, -0.25) is 4.98 Å². The molecule has 0 bridgehead atoms. The first-order valence-corrected chi connectivity index (χ1v) is 18.6. The fourth-order valence-electron chi connectivity index (χ4n) is 4.71. The smallest absolute Gasteiger partial charge is 0.261 e. The lowest BCUT2D eigenvalue weighted by Gasteiger charge is -2.45. The van der Waals surface area contributed by atoms with Crippen molar-refractivity contribution >= 4 is 33.1 Å². The standard InChI is InChI=1S/C33H47NO2Si2/c1-27(26-28-18-16-17-24-34-28)31(23-25-35-37(8,9)32(2,3)4)36-38(33(5,6)7,29-19-12-10-13-20-29)30-21-14-11-15-22-30/h10-22,24,26,31H,23,25H2,1-9H3/t31-/m0/s1. The summed E-state index contributed by atoms with van der Waals surface area (Å²) < 4.78 is 14.3. The number of benzene rings is 2. The van der Waals surface area contributed by atoms with Crippen LogP contribution >= 0.6 is 0 Å². The van der Waals surface area contributed by atoms with E-state index in [1.165, 1.54) is 15.9 Å². The minimum absolute atomic E-state index is 0.0977. The van der Waals surface area contributed by atoms with E-state index in [0.717, 1.165) is 12.1 Å². The van der Waals surface area contributed by atoms with Gasteiger partial charge in [0.1, 0.15) is 0 Å². The molecule has 1 heterocycles. The molecular formula is C33H47NO2Si2. The maximum atomic E-state index is 7.59. The van der Waals surface area contributed by atoms with Crippen molar-refractivity contribution in [3.63, 3.8) is 0 Å². The summed E-state index contributed by atoms with van der Waals surface area (Å²) in [6.07, 6.45) is 4.71. The molecule has 0 amide bonds. The van der Waals surface area contributed by atoms with Gasteiger partial charge in [0, 0.05) is 12.8 Å². The number of nitrogens with zero attached hydrogens (tertiary/aromatic N) is 1. The van der Waals surface area contributed by atoms with Crippen LogP contribution in [-0.4, -0.2) is 34.3 Å². The zero-order valence-corrected chi connectivity index (χ0v) is 26.9. The number of pyridine rings is 1. The molecule has 0 fully saturated rings. The Hall–Kier alpha value is -2.32. The molecular weight excluding hydrogens is 499 g/mol. The van der Waals surface area contributed by atoms with E-state index in [1.54, 1.807) is 0 Å². The van der Waals surface area contributed by atoms with Crippen LogP contribution < -0.4 is 10.4 Å². The zero-order valence-electron chi connectivity index (χ0n) is 24.9. The molecule has 3 rings (SSSR count). The van der Waals surface area contributed by atoms with Crippen LogP contribution in [0.15, 0.2) is 90.6 Å². The van der Waals surface area contributed by atoms with Gasteiger partial charge >= 0.3 is 0 Å². The third-order valence-electron chi connectivity index (χ3n) is 7.96. The highest BCUT2D eigenvalue weighted by Gasteiger charge is 2.51. The molecule has 0 saturated heterocycles. The van der Waals surface area contributed by atoms with E-state index in [-0.39, 0.29) is 16.2 Å². The van der Waals surface area contributed by atoms with Gasteiger partial charge in [-0.05, 0) is 70.7 Å². The molecule has 0 N–H and O–H groups in total. The van der Waals surface area contributed by atoms with Crippen molar-refractivity contribution in [1.29, 1.82) is 0 Å². The predicted octanol–water partition coefficient (Wildman–Crippen LogP) is 7.84.